The van der Waals surface area contributed by atoms with E-state index in [2.05, 4.69) is 10.6 Å². The fraction of sp³-hybridized carbons (Fsp3) is 0.533. The molecule has 0 saturated heterocycles. The van der Waals surface area contributed by atoms with Crippen LogP contribution in [0.2, 0.25) is 0 Å². The minimum absolute atomic E-state index is 0.0127. The number of rotatable bonds is 6. The van der Waals surface area contributed by atoms with Crippen molar-refractivity contribution in [1.29, 1.82) is 0 Å². The van der Waals surface area contributed by atoms with Crippen molar-refractivity contribution in [2.75, 3.05) is 6.54 Å². The van der Waals surface area contributed by atoms with Crippen molar-refractivity contribution >= 4 is 11.6 Å². The molecule has 1 aromatic rings. The highest BCUT2D eigenvalue weighted by Crippen LogP contribution is 2.18. The van der Waals surface area contributed by atoms with Crippen molar-refractivity contribution in [3.63, 3.8) is 0 Å². The van der Waals surface area contributed by atoms with Crippen LogP contribution >= 0.6 is 0 Å². The first-order valence-corrected chi connectivity index (χ1v) is 6.98. The molecule has 0 radical (unpaired) electrons. The Kier molecular flexibility index (Phi) is 5.84. The number of hydrogen-bond donors (Lipinski definition) is 2. The fourth-order valence-corrected chi connectivity index (χ4v) is 1.91. The quantitative estimate of drug-likeness (QED) is 0.623. The zero-order chi connectivity index (χ0) is 16.0. The molecule has 1 atom stereocenters. The zero-order valence-electron chi connectivity index (χ0n) is 13.0. The van der Waals surface area contributed by atoms with Crippen LogP contribution in [0.15, 0.2) is 24.3 Å². The second-order valence-corrected chi connectivity index (χ2v) is 6.08. The number of hydrogen-bond acceptors (Lipinski definition) is 4. The number of benzene rings is 1. The molecule has 0 bridgehead atoms. The molecule has 1 aromatic carbocycles. The molecule has 6 heteroatoms. The van der Waals surface area contributed by atoms with Gasteiger partial charge in [-0.25, -0.2) is 0 Å². The molecule has 1 unspecified atom stereocenters. The van der Waals surface area contributed by atoms with E-state index in [1.807, 2.05) is 33.8 Å². The lowest BCUT2D eigenvalue weighted by Gasteiger charge is -2.21. The molecule has 6 nitrogen and oxygen atoms in total. The van der Waals surface area contributed by atoms with Gasteiger partial charge in [-0.3, -0.25) is 14.9 Å². The standard InChI is InChI=1S/C15H23N3O3/c1-11(12-6-5-7-13(10-12)18(20)21)16-9-8-14(19)17-15(2,3)4/h5-7,10-11,16H,8-9H2,1-4H3,(H,17,19). The van der Waals surface area contributed by atoms with Crippen LogP contribution in [0.25, 0.3) is 0 Å². The lowest BCUT2D eigenvalue weighted by molar-refractivity contribution is -0.384. The van der Waals surface area contributed by atoms with Crippen LogP contribution in [0.4, 0.5) is 5.69 Å². The highest BCUT2D eigenvalue weighted by atomic mass is 16.6. The van der Waals surface area contributed by atoms with E-state index in [0.29, 0.717) is 13.0 Å². The summed E-state index contributed by atoms with van der Waals surface area (Å²) in [5.41, 5.74) is 0.676. The van der Waals surface area contributed by atoms with E-state index >= 15 is 0 Å². The van der Waals surface area contributed by atoms with E-state index in [-0.39, 0.29) is 23.2 Å². The minimum atomic E-state index is -0.410. The Morgan fingerprint density at radius 3 is 2.62 bits per heavy atom. The monoisotopic (exact) mass is 293 g/mol. The van der Waals surface area contributed by atoms with Crippen molar-refractivity contribution in [1.82, 2.24) is 10.6 Å². The van der Waals surface area contributed by atoms with Gasteiger partial charge in [0, 0.05) is 36.7 Å². The van der Waals surface area contributed by atoms with Crippen LogP contribution in [-0.2, 0) is 4.79 Å². The molecule has 0 aliphatic rings. The van der Waals surface area contributed by atoms with Gasteiger partial charge in [-0.05, 0) is 33.3 Å². The summed E-state index contributed by atoms with van der Waals surface area (Å²) in [6.45, 7) is 8.24. The average molecular weight is 293 g/mol. The largest absolute Gasteiger partial charge is 0.351 e. The Morgan fingerprint density at radius 1 is 1.38 bits per heavy atom. The van der Waals surface area contributed by atoms with Crippen LogP contribution in [0, 0.1) is 10.1 Å². The van der Waals surface area contributed by atoms with Crippen molar-refractivity contribution in [2.24, 2.45) is 0 Å². The van der Waals surface area contributed by atoms with Gasteiger partial charge in [-0.1, -0.05) is 12.1 Å². The third kappa shape index (κ3) is 6.35. The third-order valence-electron chi connectivity index (χ3n) is 2.90. The SMILES string of the molecule is CC(NCCC(=O)NC(C)(C)C)c1cccc([N+](=O)[O-])c1. The molecule has 1 amide bonds. The fourth-order valence-electron chi connectivity index (χ4n) is 1.91. The van der Waals surface area contributed by atoms with Crippen LogP contribution in [0.3, 0.4) is 0 Å². The number of nitrogens with one attached hydrogen (secondary N) is 2. The maximum atomic E-state index is 11.7. The van der Waals surface area contributed by atoms with Gasteiger partial charge in [0.1, 0.15) is 0 Å². The smallest absolute Gasteiger partial charge is 0.269 e. The van der Waals surface area contributed by atoms with E-state index in [1.165, 1.54) is 6.07 Å². The lowest BCUT2D eigenvalue weighted by atomic mass is 10.1. The number of nitro groups is 1. The Bertz CT molecular complexity index is 509. The summed E-state index contributed by atoms with van der Waals surface area (Å²) in [6.07, 6.45) is 0.372. The summed E-state index contributed by atoms with van der Waals surface area (Å²) in [5.74, 6) is -0.0127. The summed E-state index contributed by atoms with van der Waals surface area (Å²) >= 11 is 0. The second-order valence-electron chi connectivity index (χ2n) is 6.08. The van der Waals surface area contributed by atoms with Crippen molar-refractivity contribution < 1.29 is 9.72 Å². The Balaban J connectivity index is 2.47. The van der Waals surface area contributed by atoms with E-state index in [1.54, 1.807) is 12.1 Å². The molecule has 21 heavy (non-hydrogen) atoms. The predicted molar refractivity (Wildman–Crippen MR) is 82.0 cm³/mol. The molecule has 0 spiro atoms. The minimum Gasteiger partial charge on any atom is -0.351 e. The molecule has 0 aromatic heterocycles. The van der Waals surface area contributed by atoms with Crippen molar-refractivity contribution in [2.45, 2.75) is 45.7 Å². The molecule has 2 N–H and O–H groups in total. The number of non-ortho nitro benzene ring substituents is 1. The number of nitro benzene ring substituents is 1. The molecule has 0 aliphatic carbocycles. The van der Waals surface area contributed by atoms with Gasteiger partial charge < -0.3 is 10.6 Å². The third-order valence-corrected chi connectivity index (χ3v) is 2.90. The molecule has 0 aliphatic heterocycles. The number of amides is 1. The van der Waals surface area contributed by atoms with E-state index in [4.69, 9.17) is 0 Å². The van der Waals surface area contributed by atoms with E-state index in [9.17, 15) is 14.9 Å². The Hall–Kier alpha value is -1.95. The average Bonchev–Trinajstić information content (AvgIpc) is 2.36. The number of carbonyl (C=O) groups excluding carboxylic acids is 1. The summed E-state index contributed by atoms with van der Waals surface area (Å²) < 4.78 is 0. The lowest BCUT2D eigenvalue weighted by Crippen LogP contribution is -2.41. The maximum Gasteiger partial charge on any atom is 0.269 e. The van der Waals surface area contributed by atoms with E-state index in [0.717, 1.165) is 5.56 Å². The molecular formula is C15H23N3O3. The molecule has 116 valence electrons. The second kappa shape index (κ2) is 7.17. The first kappa shape index (κ1) is 17.1. The molecule has 1 rings (SSSR count). The normalized spacial score (nSPS) is 12.8. The first-order valence-electron chi connectivity index (χ1n) is 6.98. The Morgan fingerprint density at radius 2 is 2.05 bits per heavy atom. The van der Waals surface area contributed by atoms with Crippen LogP contribution in [0.1, 0.15) is 45.7 Å². The first-order chi connectivity index (χ1) is 9.69. The number of carbonyl (C=O) groups is 1. The van der Waals surface area contributed by atoms with Crippen LogP contribution in [-0.4, -0.2) is 22.9 Å². The highest BCUT2D eigenvalue weighted by Gasteiger charge is 2.14. The molecular weight excluding hydrogens is 270 g/mol. The van der Waals surface area contributed by atoms with Crippen LogP contribution in [0.5, 0.6) is 0 Å². The predicted octanol–water partition coefficient (Wildman–Crippen LogP) is 2.55. The Labute approximate surface area is 125 Å². The zero-order valence-corrected chi connectivity index (χ0v) is 13.0. The highest BCUT2D eigenvalue weighted by molar-refractivity contribution is 5.76. The van der Waals surface area contributed by atoms with Crippen molar-refractivity contribution in [3.8, 4) is 0 Å². The summed E-state index contributed by atoms with van der Waals surface area (Å²) in [5, 5.41) is 16.8. The summed E-state index contributed by atoms with van der Waals surface area (Å²) in [4.78, 5) is 22.0. The van der Waals surface area contributed by atoms with E-state index < -0.39 is 4.92 Å². The molecule has 0 fully saturated rings. The van der Waals surface area contributed by atoms with Crippen molar-refractivity contribution in [3.05, 3.63) is 39.9 Å². The molecule has 0 saturated carbocycles. The van der Waals surface area contributed by atoms with Gasteiger partial charge in [-0.2, -0.15) is 0 Å². The van der Waals surface area contributed by atoms with Gasteiger partial charge >= 0.3 is 0 Å². The van der Waals surface area contributed by atoms with Gasteiger partial charge in [0.15, 0.2) is 0 Å². The van der Waals surface area contributed by atoms with Gasteiger partial charge in [0.2, 0.25) is 5.91 Å². The van der Waals surface area contributed by atoms with Gasteiger partial charge in [0.05, 0.1) is 4.92 Å². The summed E-state index contributed by atoms with van der Waals surface area (Å²) in [6, 6.07) is 6.46. The number of nitrogens with zero attached hydrogens (tertiary/aromatic N) is 1. The topological polar surface area (TPSA) is 84.3 Å². The van der Waals surface area contributed by atoms with Crippen LogP contribution < -0.4 is 10.6 Å². The molecule has 0 heterocycles. The van der Waals surface area contributed by atoms with Gasteiger partial charge in [-0.15, -0.1) is 0 Å². The summed E-state index contributed by atoms with van der Waals surface area (Å²) in [7, 11) is 0. The van der Waals surface area contributed by atoms with Gasteiger partial charge in [0.25, 0.3) is 5.69 Å². The maximum absolute atomic E-state index is 11.7.